The number of rotatable bonds is 3. The normalized spacial score (nSPS) is 10.3. The van der Waals surface area contributed by atoms with Crippen molar-refractivity contribution in [3.05, 3.63) is 58.9 Å². The van der Waals surface area contributed by atoms with E-state index in [0.717, 1.165) is 11.0 Å². The Morgan fingerprint density at radius 2 is 1.89 bits per heavy atom. The summed E-state index contributed by atoms with van der Waals surface area (Å²) in [5.74, 6) is -1.13. The predicted molar refractivity (Wildman–Crippen MR) is 77.6 cm³/mol. The van der Waals surface area contributed by atoms with Crippen LogP contribution < -0.4 is 5.32 Å². The smallest absolute Gasteiger partial charge is 0.258 e. The molecule has 2 aromatic carbocycles. The van der Waals surface area contributed by atoms with E-state index >= 15 is 0 Å². The molecule has 0 spiro atoms. The second kappa shape index (κ2) is 6.08. The Morgan fingerprint density at radius 3 is 2.47 bits per heavy atom. The van der Waals surface area contributed by atoms with Crippen LogP contribution in [0.3, 0.4) is 0 Å². The van der Waals surface area contributed by atoms with Crippen LogP contribution in [0.4, 0.5) is 10.1 Å². The van der Waals surface area contributed by atoms with E-state index in [4.69, 9.17) is 11.6 Å². The van der Waals surface area contributed by atoms with E-state index in [0.29, 0.717) is 5.69 Å². The summed E-state index contributed by atoms with van der Waals surface area (Å²) in [6.45, 7) is 0. The first-order valence-electron chi connectivity index (χ1n) is 5.50. The SMILES string of the molecule is CSc1ccc(NC(=O)c2ccc(Cl)cc2F)cc1. The number of hydrogen-bond acceptors (Lipinski definition) is 2. The lowest BCUT2D eigenvalue weighted by Crippen LogP contribution is -2.13. The highest BCUT2D eigenvalue weighted by atomic mass is 35.5. The summed E-state index contributed by atoms with van der Waals surface area (Å²) in [7, 11) is 0. The standard InChI is InChI=1S/C14H11ClFNOS/c1-19-11-5-3-10(4-6-11)17-14(18)12-7-2-9(15)8-13(12)16/h2-8H,1H3,(H,17,18). The highest BCUT2D eigenvalue weighted by molar-refractivity contribution is 7.98. The van der Waals surface area contributed by atoms with Gasteiger partial charge in [-0.25, -0.2) is 4.39 Å². The number of carbonyl (C=O) groups excluding carboxylic acids is 1. The molecule has 0 aromatic heterocycles. The zero-order chi connectivity index (χ0) is 13.8. The van der Waals surface area contributed by atoms with Gasteiger partial charge in [0.25, 0.3) is 5.91 Å². The van der Waals surface area contributed by atoms with Crippen molar-refractivity contribution in [3.8, 4) is 0 Å². The predicted octanol–water partition coefficient (Wildman–Crippen LogP) is 4.45. The number of thioether (sulfide) groups is 1. The molecular formula is C14H11ClFNOS. The van der Waals surface area contributed by atoms with Crippen LogP contribution in [0.15, 0.2) is 47.4 Å². The zero-order valence-electron chi connectivity index (χ0n) is 10.1. The second-order valence-electron chi connectivity index (χ2n) is 3.81. The molecule has 0 radical (unpaired) electrons. The number of anilines is 1. The Morgan fingerprint density at radius 1 is 1.21 bits per heavy atom. The van der Waals surface area contributed by atoms with Crippen LogP contribution in [0, 0.1) is 5.82 Å². The van der Waals surface area contributed by atoms with Gasteiger partial charge in [0, 0.05) is 15.6 Å². The lowest BCUT2D eigenvalue weighted by Gasteiger charge is -2.07. The summed E-state index contributed by atoms with van der Waals surface area (Å²) in [4.78, 5) is 13.0. The molecule has 1 amide bonds. The minimum absolute atomic E-state index is 0.0293. The van der Waals surface area contributed by atoms with Crippen molar-refractivity contribution in [2.45, 2.75) is 4.90 Å². The van der Waals surface area contributed by atoms with Gasteiger partial charge in [0.2, 0.25) is 0 Å². The van der Waals surface area contributed by atoms with Gasteiger partial charge in [0.1, 0.15) is 5.82 Å². The number of nitrogens with one attached hydrogen (secondary N) is 1. The first-order chi connectivity index (χ1) is 9.10. The molecule has 0 aliphatic heterocycles. The summed E-state index contributed by atoms with van der Waals surface area (Å²) in [6.07, 6.45) is 1.97. The van der Waals surface area contributed by atoms with Gasteiger partial charge < -0.3 is 5.32 Å². The van der Waals surface area contributed by atoms with Gasteiger partial charge in [0.05, 0.1) is 5.56 Å². The summed E-state index contributed by atoms with van der Waals surface area (Å²) < 4.78 is 13.6. The number of amides is 1. The Bertz CT molecular complexity index is 601. The third kappa shape index (κ3) is 3.49. The second-order valence-corrected chi connectivity index (χ2v) is 5.12. The van der Waals surface area contributed by atoms with Crippen molar-refractivity contribution in [2.24, 2.45) is 0 Å². The molecule has 0 heterocycles. The van der Waals surface area contributed by atoms with Crippen LogP contribution in [0.25, 0.3) is 0 Å². The first-order valence-corrected chi connectivity index (χ1v) is 7.11. The van der Waals surface area contributed by atoms with E-state index in [1.54, 1.807) is 23.9 Å². The fraction of sp³-hybridized carbons (Fsp3) is 0.0714. The van der Waals surface area contributed by atoms with Crippen LogP contribution in [-0.2, 0) is 0 Å². The Hall–Kier alpha value is -1.52. The Labute approximate surface area is 120 Å². The molecule has 98 valence electrons. The van der Waals surface area contributed by atoms with E-state index in [1.807, 2.05) is 18.4 Å². The molecule has 19 heavy (non-hydrogen) atoms. The third-order valence-electron chi connectivity index (χ3n) is 2.52. The average molecular weight is 296 g/mol. The van der Waals surface area contributed by atoms with Crippen molar-refractivity contribution in [2.75, 3.05) is 11.6 Å². The van der Waals surface area contributed by atoms with Gasteiger partial charge in [-0.05, 0) is 48.7 Å². The molecule has 0 aliphatic carbocycles. The van der Waals surface area contributed by atoms with Crippen LogP contribution in [0.5, 0.6) is 0 Å². The van der Waals surface area contributed by atoms with Gasteiger partial charge in [-0.2, -0.15) is 0 Å². The molecular weight excluding hydrogens is 285 g/mol. The molecule has 0 bridgehead atoms. The summed E-state index contributed by atoms with van der Waals surface area (Å²) >= 11 is 7.25. The van der Waals surface area contributed by atoms with Crippen LogP contribution in [0.2, 0.25) is 5.02 Å². The molecule has 0 aliphatic rings. The van der Waals surface area contributed by atoms with Crippen molar-refractivity contribution < 1.29 is 9.18 Å². The maximum absolute atomic E-state index is 13.6. The van der Waals surface area contributed by atoms with Gasteiger partial charge in [-0.1, -0.05) is 11.6 Å². The molecule has 0 saturated carbocycles. The first kappa shape index (κ1) is 13.9. The fourth-order valence-corrected chi connectivity index (χ4v) is 2.11. The monoisotopic (exact) mass is 295 g/mol. The lowest BCUT2D eigenvalue weighted by molar-refractivity contribution is 0.102. The van der Waals surface area contributed by atoms with Gasteiger partial charge >= 0.3 is 0 Å². The fourth-order valence-electron chi connectivity index (χ4n) is 1.55. The minimum Gasteiger partial charge on any atom is -0.322 e. The molecule has 2 aromatic rings. The highest BCUT2D eigenvalue weighted by Gasteiger charge is 2.12. The van der Waals surface area contributed by atoms with Gasteiger partial charge in [-0.3, -0.25) is 4.79 Å². The quantitative estimate of drug-likeness (QED) is 0.847. The average Bonchev–Trinajstić information content (AvgIpc) is 2.39. The van der Waals surface area contributed by atoms with Crippen LogP contribution >= 0.6 is 23.4 Å². The molecule has 0 atom stereocenters. The number of halogens is 2. The van der Waals surface area contributed by atoms with Crippen molar-refractivity contribution in [1.82, 2.24) is 0 Å². The molecule has 1 N–H and O–H groups in total. The molecule has 2 nitrogen and oxygen atoms in total. The number of carbonyl (C=O) groups is 1. The molecule has 0 fully saturated rings. The van der Waals surface area contributed by atoms with Crippen molar-refractivity contribution >= 4 is 35.0 Å². The Balaban J connectivity index is 2.15. The molecule has 0 saturated heterocycles. The van der Waals surface area contributed by atoms with E-state index < -0.39 is 11.7 Å². The van der Waals surface area contributed by atoms with Gasteiger partial charge in [-0.15, -0.1) is 11.8 Å². The lowest BCUT2D eigenvalue weighted by atomic mass is 10.2. The number of hydrogen-bond donors (Lipinski definition) is 1. The van der Waals surface area contributed by atoms with Gasteiger partial charge in [0.15, 0.2) is 0 Å². The van der Waals surface area contributed by atoms with E-state index in [1.165, 1.54) is 12.1 Å². The zero-order valence-corrected chi connectivity index (χ0v) is 11.7. The number of benzene rings is 2. The topological polar surface area (TPSA) is 29.1 Å². The third-order valence-corrected chi connectivity index (χ3v) is 3.50. The van der Waals surface area contributed by atoms with E-state index in [9.17, 15) is 9.18 Å². The summed E-state index contributed by atoms with van der Waals surface area (Å²) in [5, 5.41) is 2.90. The molecule has 0 unspecified atom stereocenters. The maximum Gasteiger partial charge on any atom is 0.258 e. The van der Waals surface area contributed by atoms with E-state index in [2.05, 4.69) is 5.32 Å². The summed E-state index contributed by atoms with van der Waals surface area (Å²) in [5.41, 5.74) is 0.593. The Kier molecular flexibility index (Phi) is 4.45. The molecule has 5 heteroatoms. The maximum atomic E-state index is 13.6. The van der Waals surface area contributed by atoms with E-state index in [-0.39, 0.29) is 10.6 Å². The largest absolute Gasteiger partial charge is 0.322 e. The summed E-state index contributed by atoms with van der Waals surface area (Å²) in [6, 6.07) is 11.3. The van der Waals surface area contributed by atoms with Crippen LogP contribution in [-0.4, -0.2) is 12.2 Å². The van der Waals surface area contributed by atoms with Crippen molar-refractivity contribution in [3.63, 3.8) is 0 Å². The minimum atomic E-state index is -0.634. The van der Waals surface area contributed by atoms with Crippen LogP contribution in [0.1, 0.15) is 10.4 Å². The molecule has 2 rings (SSSR count). The highest BCUT2D eigenvalue weighted by Crippen LogP contribution is 2.19. The van der Waals surface area contributed by atoms with Crippen molar-refractivity contribution in [1.29, 1.82) is 0 Å².